The maximum absolute atomic E-state index is 12.2. The average Bonchev–Trinajstić information content (AvgIpc) is 3.24. The molecule has 0 aromatic heterocycles. The second kappa shape index (κ2) is 7.21. The molecular formula is C16H26N4O2. The van der Waals surface area contributed by atoms with Crippen LogP contribution in [0.4, 0.5) is 0 Å². The molecule has 0 unspecified atom stereocenters. The van der Waals surface area contributed by atoms with Crippen LogP contribution < -0.4 is 5.32 Å². The first kappa shape index (κ1) is 16.9. The minimum Gasteiger partial charge on any atom is -0.379 e. The minimum absolute atomic E-state index is 0.0515. The number of morpholine rings is 1. The number of terminal acetylenes is 1. The van der Waals surface area contributed by atoms with E-state index in [1.54, 1.807) is 0 Å². The van der Waals surface area contributed by atoms with Crippen molar-refractivity contribution >= 4 is 5.91 Å². The molecule has 0 spiro atoms. The van der Waals surface area contributed by atoms with Gasteiger partial charge in [-0.25, -0.2) is 0 Å². The van der Waals surface area contributed by atoms with E-state index < -0.39 is 0 Å². The van der Waals surface area contributed by atoms with Gasteiger partial charge in [-0.1, -0.05) is 0 Å². The van der Waals surface area contributed by atoms with Crippen molar-refractivity contribution in [3.8, 4) is 12.3 Å². The van der Waals surface area contributed by atoms with Crippen molar-refractivity contribution < 1.29 is 9.53 Å². The van der Waals surface area contributed by atoms with Crippen LogP contribution in [0.2, 0.25) is 0 Å². The second-order valence-electron chi connectivity index (χ2n) is 6.71. The zero-order valence-electron chi connectivity index (χ0n) is 13.6. The lowest BCUT2D eigenvalue weighted by molar-refractivity contribution is -0.123. The number of carbonyl (C=O) groups is 1. The lowest BCUT2D eigenvalue weighted by Crippen LogP contribution is -2.53. The van der Waals surface area contributed by atoms with Crippen LogP contribution in [0.15, 0.2) is 10.2 Å². The Kier molecular flexibility index (Phi) is 5.54. The molecule has 6 nitrogen and oxygen atoms in total. The standard InChI is InChI=1S/C16H26N4O2/c1-4-5-7-16(18-19-16)8-6-14(21)17-15(2,3)13-20-9-11-22-12-10-20/h1H,5-13H2,2-3H3,(H,17,21). The van der Waals surface area contributed by atoms with E-state index in [1.165, 1.54) is 0 Å². The monoisotopic (exact) mass is 306 g/mol. The molecule has 2 rings (SSSR count). The highest BCUT2D eigenvalue weighted by Gasteiger charge is 2.39. The first-order valence-corrected chi connectivity index (χ1v) is 7.93. The molecular weight excluding hydrogens is 280 g/mol. The second-order valence-corrected chi connectivity index (χ2v) is 6.71. The van der Waals surface area contributed by atoms with Crippen LogP contribution in [0.25, 0.3) is 0 Å². The zero-order chi connectivity index (χ0) is 16.1. The zero-order valence-corrected chi connectivity index (χ0v) is 13.6. The molecule has 1 fully saturated rings. The topological polar surface area (TPSA) is 66.3 Å². The summed E-state index contributed by atoms with van der Waals surface area (Å²) >= 11 is 0. The summed E-state index contributed by atoms with van der Waals surface area (Å²) in [7, 11) is 0. The van der Waals surface area contributed by atoms with E-state index in [4.69, 9.17) is 11.2 Å². The molecule has 0 bridgehead atoms. The number of carbonyl (C=O) groups excluding carboxylic acids is 1. The van der Waals surface area contributed by atoms with Crippen molar-refractivity contribution in [1.29, 1.82) is 0 Å². The number of hydrogen-bond acceptors (Lipinski definition) is 5. The maximum Gasteiger partial charge on any atom is 0.220 e. The third kappa shape index (κ3) is 5.39. The molecule has 2 aliphatic heterocycles. The number of nitrogens with zero attached hydrogens (tertiary/aromatic N) is 3. The summed E-state index contributed by atoms with van der Waals surface area (Å²) < 4.78 is 5.35. The van der Waals surface area contributed by atoms with Crippen molar-refractivity contribution in [1.82, 2.24) is 10.2 Å². The third-order valence-electron chi connectivity index (χ3n) is 4.01. The van der Waals surface area contributed by atoms with E-state index in [-0.39, 0.29) is 17.1 Å². The SMILES string of the molecule is C#CCCC1(CCC(=O)NC(C)(C)CN2CCOCC2)N=N1. The van der Waals surface area contributed by atoms with E-state index in [9.17, 15) is 4.79 Å². The predicted molar refractivity (Wildman–Crippen MR) is 84.4 cm³/mol. The normalized spacial score (nSPS) is 20.4. The van der Waals surface area contributed by atoms with Crippen molar-refractivity contribution in [3.63, 3.8) is 0 Å². The smallest absolute Gasteiger partial charge is 0.220 e. The number of hydrogen-bond donors (Lipinski definition) is 1. The van der Waals surface area contributed by atoms with E-state index in [2.05, 4.69) is 40.2 Å². The van der Waals surface area contributed by atoms with E-state index in [0.29, 0.717) is 19.3 Å². The summed E-state index contributed by atoms with van der Waals surface area (Å²) in [6.45, 7) is 8.33. The third-order valence-corrected chi connectivity index (χ3v) is 4.01. The Labute approximate surface area is 132 Å². The first-order valence-electron chi connectivity index (χ1n) is 7.93. The van der Waals surface area contributed by atoms with Gasteiger partial charge in [-0.15, -0.1) is 12.3 Å². The molecule has 0 atom stereocenters. The molecule has 0 radical (unpaired) electrons. The summed E-state index contributed by atoms with van der Waals surface area (Å²) in [4.78, 5) is 14.5. The molecule has 6 heteroatoms. The Morgan fingerprint density at radius 2 is 2.05 bits per heavy atom. The first-order chi connectivity index (χ1) is 10.4. The van der Waals surface area contributed by atoms with Gasteiger partial charge in [-0.3, -0.25) is 9.69 Å². The fraction of sp³-hybridized carbons (Fsp3) is 0.812. The lowest BCUT2D eigenvalue weighted by Gasteiger charge is -2.35. The van der Waals surface area contributed by atoms with Crippen LogP contribution >= 0.6 is 0 Å². The van der Waals surface area contributed by atoms with Gasteiger partial charge in [0.25, 0.3) is 0 Å². The Morgan fingerprint density at radius 3 is 2.64 bits per heavy atom. The van der Waals surface area contributed by atoms with Crippen LogP contribution in [0.3, 0.4) is 0 Å². The van der Waals surface area contributed by atoms with Gasteiger partial charge in [0.2, 0.25) is 5.91 Å². The molecule has 0 aliphatic carbocycles. The Morgan fingerprint density at radius 1 is 1.36 bits per heavy atom. The van der Waals surface area contributed by atoms with Crippen LogP contribution in [0, 0.1) is 12.3 Å². The molecule has 0 saturated carbocycles. The van der Waals surface area contributed by atoms with Gasteiger partial charge in [0, 0.05) is 50.9 Å². The van der Waals surface area contributed by atoms with Gasteiger partial charge in [-0.2, -0.15) is 10.2 Å². The maximum atomic E-state index is 12.2. The number of ether oxygens (including phenoxy) is 1. The van der Waals surface area contributed by atoms with Crippen LogP contribution in [0.1, 0.15) is 39.5 Å². The number of amides is 1. The molecule has 22 heavy (non-hydrogen) atoms. The number of rotatable bonds is 8. The van der Waals surface area contributed by atoms with E-state index in [0.717, 1.165) is 39.3 Å². The molecule has 122 valence electrons. The summed E-state index contributed by atoms with van der Waals surface area (Å²) in [5, 5.41) is 11.2. The molecule has 2 aliphatic rings. The Bertz CT molecular complexity index is 455. The van der Waals surface area contributed by atoms with Crippen molar-refractivity contribution in [2.75, 3.05) is 32.8 Å². The largest absolute Gasteiger partial charge is 0.379 e. The fourth-order valence-corrected chi connectivity index (χ4v) is 2.78. The highest BCUT2D eigenvalue weighted by atomic mass is 16.5. The summed E-state index contributed by atoms with van der Waals surface area (Å²) in [5.74, 6) is 2.65. The Balaban J connectivity index is 1.70. The van der Waals surface area contributed by atoms with Gasteiger partial charge in [0.1, 0.15) is 0 Å². The van der Waals surface area contributed by atoms with Gasteiger partial charge in [-0.05, 0) is 13.8 Å². The van der Waals surface area contributed by atoms with E-state index in [1.807, 2.05) is 0 Å². The van der Waals surface area contributed by atoms with Gasteiger partial charge < -0.3 is 10.1 Å². The van der Waals surface area contributed by atoms with Gasteiger partial charge in [0.15, 0.2) is 5.66 Å². The van der Waals surface area contributed by atoms with Crippen molar-refractivity contribution in [2.45, 2.75) is 50.7 Å². The summed E-state index contributed by atoms with van der Waals surface area (Å²) in [5.41, 5.74) is -0.629. The van der Waals surface area contributed by atoms with Gasteiger partial charge >= 0.3 is 0 Å². The summed E-state index contributed by atoms with van der Waals surface area (Å²) in [6.07, 6.45) is 7.74. The number of nitrogens with one attached hydrogen (secondary N) is 1. The highest BCUT2D eigenvalue weighted by Crippen LogP contribution is 2.37. The molecule has 2 heterocycles. The van der Waals surface area contributed by atoms with Crippen molar-refractivity contribution in [3.05, 3.63) is 0 Å². The van der Waals surface area contributed by atoms with Crippen molar-refractivity contribution in [2.24, 2.45) is 10.2 Å². The predicted octanol–water partition coefficient (Wildman–Crippen LogP) is 1.57. The lowest BCUT2D eigenvalue weighted by atomic mass is 10.0. The van der Waals surface area contributed by atoms with Crippen LogP contribution in [0.5, 0.6) is 0 Å². The highest BCUT2D eigenvalue weighted by molar-refractivity contribution is 5.76. The van der Waals surface area contributed by atoms with E-state index >= 15 is 0 Å². The molecule has 1 N–H and O–H groups in total. The van der Waals surface area contributed by atoms with Crippen LogP contribution in [-0.2, 0) is 9.53 Å². The quantitative estimate of drug-likeness (QED) is 0.692. The Hall–Kier alpha value is -1.45. The average molecular weight is 306 g/mol. The molecule has 1 amide bonds. The molecule has 1 saturated heterocycles. The minimum atomic E-state index is -0.377. The van der Waals surface area contributed by atoms with Gasteiger partial charge in [0.05, 0.1) is 13.2 Å². The molecule has 0 aromatic rings. The molecule has 0 aromatic carbocycles. The fourth-order valence-electron chi connectivity index (χ4n) is 2.78. The van der Waals surface area contributed by atoms with Crippen LogP contribution in [-0.4, -0.2) is 54.9 Å². The summed E-state index contributed by atoms with van der Waals surface area (Å²) in [6, 6.07) is 0.